The van der Waals surface area contributed by atoms with E-state index >= 15 is 0 Å². The number of rotatable bonds is 6. The van der Waals surface area contributed by atoms with Crippen LogP contribution in [0.3, 0.4) is 0 Å². The number of hydrazone groups is 1. The van der Waals surface area contributed by atoms with Crippen LogP contribution in [0.1, 0.15) is 27.0 Å². The average molecular weight is 439 g/mol. The maximum absolute atomic E-state index is 12.8. The number of hydrogen-bond acceptors (Lipinski definition) is 6. The smallest absolute Gasteiger partial charge is 0.271 e. The zero-order valence-electron chi connectivity index (χ0n) is 16.8. The number of aromatic hydroxyl groups is 2. The van der Waals surface area contributed by atoms with Crippen molar-refractivity contribution in [2.45, 2.75) is 18.7 Å². The predicted octanol–water partition coefficient (Wildman–Crippen LogP) is 3.28. The Kier molecular flexibility index (Phi) is 6.26. The molecule has 9 heteroatoms. The molecule has 0 aliphatic rings. The van der Waals surface area contributed by atoms with Crippen LogP contribution in [0.25, 0.3) is 0 Å². The Balaban J connectivity index is 1.75. The molecule has 0 unspecified atom stereocenters. The fourth-order valence-electron chi connectivity index (χ4n) is 2.80. The molecule has 3 aromatic rings. The molecule has 8 nitrogen and oxygen atoms in total. The second kappa shape index (κ2) is 8.88. The van der Waals surface area contributed by atoms with Crippen LogP contribution in [0.4, 0.5) is 5.69 Å². The second-order valence-corrected chi connectivity index (χ2v) is 8.58. The Hall–Kier alpha value is -3.85. The molecule has 3 aromatic carbocycles. The van der Waals surface area contributed by atoms with Crippen LogP contribution < -0.4 is 10.1 Å². The van der Waals surface area contributed by atoms with Gasteiger partial charge in [-0.25, -0.2) is 13.8 Å². The number of hydrogen-bond donors (Lipinski definition) is 4. The molecule has 0 saturated carbocycles. The number of carbonyl (C=O) groups excluding carboxylic acids is 1. The van der Waals surface area contributed by atoms with Crippen molar-refractivity contribution < 1.29 is 23.4 Å². The molecule has 160 valence electrons. The van der Waals surface area contributed by atoms with E-state index in [0.29, 0.717) is 5.69 Å². The highest BCUT2D eigenvalue weighted by Gasteiger charge is 2.17. The lowest BCUT2D eigenvalue weighted by Gasteiger charge is -2.12. The minimum atomic E-state index is -3.90. The van der Waals surface area contributed by atoms with Crippen molar-refractivity contribution >= 4 is 27.8 Å². The Bertz CT molecular complexity index is 1270. The quantitative estimate of drug-likeness (QED) is 0.346. The largest absolute Gasteiger partial charge is 0.508 e. The van der Waals surface area contributed by atoms with Gasteiger partial charge in [0.15, 0.2) is 0 Å². The zero-order chi connectivity index (χ0) is 22.6. The van der Waals surface area contributed by atoms with E-state index in [2.05, 4.69) is 15.2 Å². The zero-order valence-corrected chi connectivity index (χ0v) is 17.6. The van der Waals surface area contributed by atoms with Crippen LogP contribution in [0, 0.1) is 13.8 Å². The predicted molar refractivity (Wildman–Crippen MR) is 118 cm³/mol. The molecule has 0 spiro atoms. The van der Waals surface area contributed by atoms with Gasteiger partial charge in [-0.3, -0.25) is 9.52 Å². The highest BCUT2D eigenvalue weighted by Crippen LogP contribution is 2.22. The van der Waals surface area contributed by atoms with E-state index in [1.54, 1.807) is 19.1 Å². The van der Waals surface area contributed by atoms with Crippen molar-refractivity contribution in [1.29, 1.82) is 0 Å². The van der Waals surface area contributed by atoms with E-state index in [9.17, 15) is 23.4 Å². The Labute approximate surface area is 179 Å². The van der Waals surface area contributed by atoms with Crippen LogP contribution in [0.15, 0.2) is 70.7 Å². The summed E-state index contributed by atoms with van der Waals surface area (Å²) in [5.41, 5.74) is 4.91. The lowest BCUT2D eigenvalue weighted by atomic mass is 10.1. The fraction of sp³-hybridized carbons (Fsp3) is 0.0909. The van der Waals surface area contributed by atoms with E-state index in [-0.39, 0.29) is 27.5 Å². The summed E-state index contributed by atoms with van der Waals surface area (Å²) < 4.78 is 28.0. The van der Waals surface area contributed by atoms with Gasteiger partial charge in [0.05, 0.1) is 16.8 Å². The summed E-state index contributed by atoms with van der Waals surface area (Å²) >= 11 is 0. The van der Waals surface area contributed by atoms with Gasteiger partial charge in [-0.2, -0.15) is 5.10 Å². The normalized spacial score (nSPS) is 11.4. The molecule has 0 saturated heterocycles. The van der Waals surface area contributed by atoms with E-state index in [1.165, 1.54) is 42.6 Å². The summed E-state index contributed by atoms with van der Waals surface area (Å²) in [5.74, 6) is -0.937. The first-order valence-corrected chi connectivity index (χ1v) is 10.7. The summed E-state index contributed by atoms with van der Waals surface area (Å²) in [5, 5.41) is 22.8. The van der Waals surface area contributed by atoms with Crippen molar-refractivity contribution in [1.82, 2.24) is 5.43 Å². The van der Waals surface area contributed by atoms with Gasteiger partial charge in [0.2, 0.25) is 0 Å². The van der Waals surface area contributed by atoms with E-state index in [4.69, 9.17) is 0 Å². The van der Waals surface area contributed by atoms with E-state index in [1.807, 2.05) is 13.0 Å². The minimum Gasteiger partial charge on any atom is -0.508 e. The summed E-state index contributed by atoms with van der Waals surface area (Å²) in [6.07, 6.45) is 1.20. The first-order chi connectivity index (χ1) is 14.7. The maximum Gasteiger partial charge on any atom is 0.271 e. The molecule has 0 heterocycles. The minimum absolute atomic E-state index is 0.0692. The molecule has 4 N–H and O–H groups in total. The first-order valence-electron chi connectivity index (χ1n) is 9.21. The number of nitrogens with zero attached hydrogens (tertiary/aromatic N) is 1. The van der Waals surface area contributed by atoms with Gasteiger partial charge in [0.25, 0.3) is 15.9 Å². The molecule has 0 radical (unpaired) electrons. The van der Waals surface area contributed by atoms with Gasteiger partial charge in [0.1, 0.15) is 11.5 Å². The molecular weight excluding hydrogens is 418 g/mol. The van der Waals surface area contributed by atoms with Crippen molar-refractivity contribution in [2.75, 3.05) is 4.72 Å². The average Bonchev–Trinajstić information content (AvgIpc) is 2.72. The summed E-state index contributed by atoms with van der Waals surface area (Å²) in [6, 6.07) is 14.8. The number of phenols is 2. The van der Waals surface area contributed by atoms with Gasteiger partial charge in [-0.15, -0.1) is 0 Å². The molecule has 3 rings (SSSR count). The SMILES string of the molecule is Cc1ccc(NS(=O)(=O)c2cccc(C(=O)N/N=C/c3ccc(O)cc3O)c2)c(C)c1. The molecule has 0 atom stereocenters. The van der Waals surface area contributed by atoms with Crippen LogP contribution in [0.5, 0.6) is 11.5 Å². The molecule has 0 aromatic heterocycles. The number of benzene rings is 3. The Morgan fingerprint density at radius 1 is 1.00 bits per heavy atom. The number of nitrogens with one attached hydrogen (secondary N) is 2. The number of aryl methyl sites for hydroxylation is 2. The highest BCUT2D eigenvalue weighted by atomic mass is 32.2. The van der Waals surface area contributed by atoms with Crippen LogP contribution in [-0.4, -0.2) is 30.8 Å². The molecule has 0 aliphatic heterocycles. The molecule has 0 fully saturated rings. The Morgan fingerprint density at radius 3 is 2.48 bits per heavy atom. The Morgan fingerprint density at radius 2 is 1.77 bits per heavy atom. The fourth-order valence-corrected chi connectivity index (χ4v) is 3.98. The lowest BCUT2D eigenvalue weighted by Crippen LogP contribution is -2.19. The maximum atomic E-state index is 12.8. The summed E-state index contributed by atoms with van der Waals surface area (Å²) in [6.45, 7) is 3.72. The van der Waals surface area contributed by atoms with Crippen molar-refractivity contribution in [3.8, 4) is 11.5 Å². The van der Waals surface area contributed by atoms with Crippen molar-refractivity contribution in [3.63, 3.8) is 0 Å². The number of phenolic OH excluding ortho intramolecular Hbond substituents is 2. The summed E-state index contributed by atoms with van der Waals surface area (Å²) in [7, 11) is -3.90. The van der Waals surface area contributed by atoms with Gasteiger partial charge >= 0.3 is 0 Å². The molecule has 1 amide bonds. The van der Waals surface area contributed by atoms with E-state index in [0.717, 1.165) is 17.2 Å². The summed E-state index contributed by atoms with van der Waals surface area (Å²) in [4.78, 5) is 12.3. The van der Waals surface area contributed by atoms with Gasteiger partial charge in [0, 0.05) is 17.2 Å². The van der Waals surface area contributed by atoms with Crippen LogP contribution in [-0.2, 0) is 10.0 Å². The van der Waals surface area contributed by atoms with Crippen molar-refractivity contribution in [3.05, 3.63) is 82.9 Å². The second-order valence-electron chi connectivity index (χ2n) is 6.89. The topological polar surface area (TPSA) is 128 Å². The third kappa shape index (κ3) is 5.40. The van der Waals surface area contributed by atoms with E-state index < -0.39 is 15.9 Å². The standard InChI is InChI=1S/C22H21N3O5S/c1-14-6-9-20(15(2)10-14)25-31(29,30)19-5-3-4-16(11-19)22(28)24-23-13-17-7-8-18(26)12-21(17)27/h3-13,25-27H,1-2H3,(H,24,28)/b23-13+. The van der Waals surface area contributed by atoms with Gasteiger partial charge in [-0.05, 0) is 55.8 Å². The molecule has 0 bridgehead atoms. The molecule has 31 heavy (non-hydrogen) atoms. The van der Waals surface area contributed by atoms with Gasteiger partial charge in [-0.1, -0.05) is 23.8 Å². The number of carbonyl (C=O) groups is 1. The third-order valence-electron chi connectivity index (χ3n) is 4.42. The lowest BCUT2D eigenvalue weighted by molar-refractivity contribution is 0.0955. The van der Waals surface area contributed by atoms with Crippen LogP contribution >= 0.6 is 0 Å². The van der Waals surface area contributed by atoms with Crippen molar-refractivity contribution in [2.24, 2.45) is 5.10 Å². The number of sulfonamides is 1. The molecule has 0 aliphatic carbocycles. The first kappa shape index (κ1) is 21.8. The third-order valence-corrected chi connectivity index (χ3v) is 5.78. The van der Waals surface area contributed by atoms with Crippen LogP contribution in [0.2, 0.25) is 0 Å². The molecular formula is C22H21N3O5S. The number of amides is 1. The monoisotopic (exact) mass is 439 g/mol. The van der Waals surface area contributed by atoms with Gasteiger partial charge < -0.3 is 10.2 Å². The highest BCUT2D eigenvalue weighted by molar-refractivity contribution is 7.92. The number of anilines is 1.